The summed E-state index contributed by atoms with van der Waals surface area (Å²) in [6.45, 7) is 27.9. The molecule has 180 valence electrons. The molecule has 2 nitrogen and oxygen atoms in total. The van der Waals surface area contributed by atoms with Crippen LogP contribution in [0.1, 0.15) is 56.4 Å². The second-order valence-corrected chi connectivity index (χ2v) is 10.0. The maximum Gasteiger partial charge on any atom is 0.212 e. The Morgan fingerprint density at radius 1 is 1.09 bits per heavy atom. The Morgan fingerprint density at radius 3 is 2.35 bits per heavy atom. The molecule has 0 N–H and O–H groups in total. The summed E-state index contributed by atoms with van der Waals surface area (Å²) in [5.74, 6) is 0. The number of pyridine rings is 1. The zero-order valence-corrected chi connectivity index (χ0v) is 22.7. The van der Waals surface area contributed by atoms with E-state index < -0.39 is 0 Å². The average Bonchev–Trinajstić information content (AvgIpc) is 2.79. The number of rotatable bonds is 10. The fraction of sp³-hybridized carbons (Fsp3) is 0.375. The quantitative estimate of drug-likeness (QED) is 0.152. The van der Waals surface area contributed by atoms with E-state index in [-0.39, 0.29) is 11.0 Å². The van der Waals surface area contributed by atoms with Crippen LogP contribution in [0.15, 0.2) is 79.7 Å². The Kier molecular flexibility index (Phi) is 8.78. The monoisotopic (exact) mass is 456 g/mol. The van der Waals surface area contributed by atoms with Crippen LogP contribution in [0.25, 0.3) is 11.3 Å². The van der Waals surface area contributed by atoms with Crippen molar-refractivity contribution in [2.75, 3.05) is 0 Å². The third-order valence-electron chi connectivity index (χ3n) is 7.85. The third-order valence-corrected chi connectivity index (χ3v) is 7.85. The van der Waals surface area contributed by atoms with Crippen LogP contribution in [0.3, 0.4) is 0 Å². The number of hydrogen-bond donors (Lipinski definition) is 0. The van der Waals surface area contributed by atoms with Crippen molar-refractivity contribution in [3.63, 3.8) is 0 Å². The van der Waals surface area contributed by atoms with Gasteiger partial charge in [-0.15, -0.1) is 0 Å². The lowest BCUT2D eigenvalue weighted by molar-refractivity contribution is -0.660. The summed E-state index contributed by atoms with van der Waals surface area (Å²) in [6.07, 6.45) is 14.2. The maximum absolute atomic E-state index is 4.36. The molecule has 2 unspecified atom stereocenters. The van der Waals surface area contributed by atoms with Crippen LogP contribution in [0.4, 0.5) is 0 Å². The topological polar surface area (TPSA) is 6.89 Å². The molecule has 0 bridgehead atoms. The number of nitrogens with zero attached hydrogens (tertiary/aromatic N) is 2. The van der Waals surface area contributed by atoms with E-state index in [1.165, 1.54) is 39.1 Å². The van der Waals surface area contributed by atoms with Crippen molar-refractivity contribution < 1.29 is 9.14 Å². The van der Waals surface area contributed by atoms with Gasteiger partial charge in [0.05, 0.1) is 5.41 Å². The first kappa shape index (κ1) is 27.2. The predicted molar refractivity (Wildman–Crippen MR) is 148 cm³/mol. The molecule has 2 atom stereocenters. The zero-order chi connectivity index (χ0) is 25.7. The Hall–Kier alpha value is -3.00. The summed E-state index contributed by atoms with van der Waals surface area (Å²) in [7, 11) is 2.14. The van der Waals surface area contributed by atoms with E-state index >= 15 is 0 Å². The minimum atomic E-state index is -0.377. The molecule has 1 aromatic heterocycles. The molecular formula is C32H44N2+2. The van der Waals surface area contributed by atoms with Crippen molar-refractivity contribution in [1.29, 1.82) is 0 Å². The van der Waals surface area contributed by atoms with Gasteiger partial charge in [0.15, 0.2) is 17.9 Å². The number of aryl methyl sites for hydroxylation is 5. The summed E-state index contributed by atoms with van der Waals surface area (Å²) in [6, 6.07) is 9.15. The third kappa shape index (κ3) is 5.22. The number of aromatic nitrogens is 1. The van der Waals surface area contributed by atoms with Crippen LogP contribution in [-0.4, -0.2) is 16.8 Å². The molecular weight excluding hydrogens is 412 g/mol. The smallest absolute Gasteiger partial charge is 0.202 e. The van der Waals surface area contributed by atoms with E-state index in [2.05, 4.69) is 110 Å². The van der Waals surface area contributed by atoms with Crippen molar-refractivity contribution >= 4 is 6.72 Å². The van der Waals surface area contributed by atoms with E-state index in [4.69, 9.17) is 0 Å². The summed E-state index contributed by atoms with van der Waals surface area (Å²) in [4.78, 5) is 0. The van der Waals surface area contributed by atoms with Gasteiger partial charge in [-0.05, 0) is 83.7 Å². The Labute approximate surface area is 208 Å². The largest absolute Gasteiger partial charge is 0.212 e. The van der Waals surface area contributed by atoms with Crippen LogP contribution in [0.2, 0.25) is 0 Å². The summed E-state index contributed by atoms with van der Waals surface area (Å²) in [5.41, 5.74) is 8.49. The van der Waals surface area contributed by atoms with E-state index in [1.54, 1.807) is 0 Å². The summed E-state index contributed by atoms with van der Waals surface area (Å²) >= 11 is 0. The summed E-state index contributed by atoms with van der Waals surface area (Å²) in [5, 5.41) is 0. The molecule has 0 aliphatic carbocycles. The minimum Gasteiger partial charge on any atom is -0.202 e. The van der Waals surface area contributed by atoms with Gasteiger partial charge in [0, 0.05) is 24.1 Å². The molecule has 1 heterocycles. The van der Waals surface area contributed by atoms with Gasteiger partial charge in [0.25, 0.3) is 0 Å². The molecule has 34 heavy (non-hydrogen) atoms. The summed E-state index contributed by atoms with van der Waals surface area (Å²) < 4.78 is 4.29. The lowest BCUT2D eigenvalue weighted by Gasteiger charge is -2.42. The predicted octanol–water partition coefficient (Wildman–Crippen LogP) is 7.37. The molecule has 1 aromatic carbocycles. The fourth-order valence-electron chi connectivity index (χ4n) is 4.92. The number of hydrogen-bond acceptors (Lipinski definition) is 0. The van der Waals surface area contributed by atoms with Crippen LogP contribution in [0, 0.1) is 26.2 Å². The Morgan fingerprint density at radius 2 is 1.76 bits per heavy atom. The number of benzene rings is 1. The molecule has 0 amide bonds. The highest BCUT2D eigenvalue weighted by Crippen LogP contribution is 2.46. The van der Waals surface area contributed by atoms with E-state index in [0.29, 0.717) is 0 Å². The van der Waals surface area contributed by atoms with E-state index in [0.717, 1.165) is 12.8 Å². The Balaban J connectivity index is 2.63. The second kappa shape index (κ2) is 11.0. The first-order valence-corrected chi connectivity index (χ1v) is 12.2. The highest BCUT2D eigenvalue weighted by atomic mass is 15.1. The van der Waals surface area contributed by atoms with Gasteiger partial charge >= 0.3 is 0 Å². The first-order chi connectivity index (χ1) is 15.9. The van der Waals surface area contributed by atoms with Gasteiger partial charge in [-0.25, -0.2) is 9.14 Å². The van der Waals surface area contributed by atoms with Crippen molar-refractivity contribution in [2.24, 2.45) is 12.5 Å². The van der Waals surface area contributed by atoms with E-state index in [9.17, 15) is 0 Å². The van der Waals surface area contributed by atoms with Crippen molar-refractivity contribution in [2.45, 2.75) is 66.8 Å². The molecule has 2 rings (SSSR count). The molecule has 0 spiro atoms. The highest BCUT2D eigenvalue weighted by molar-refractivity contribution is 5.63. The van der Waals surface area contributed by atoms with Crippen molar-refractivity contribution in [1.82, 2.24) is 0 Å². The molecule has 0 radical (unpaired) electrons. The maximum atomic E-state index is 4.36. The van der Waals surface area contributed by atoms with Gasteiger partial charge in [-0.3, -0.25) is 0 Å². The average molecular weight is 457 g/mol. The molecule has 0 fully saturated rings. The van der Waals surface area contributed by atoms with Crippen LogP contribution >= 0.6 is 0 Å². The number of allylic oxidation sites excluding steroid dienone is 3. The molecule has 0 saturated carbocycles. The van der Waals surface area contributed by atoms with Crippen LogP contribution in [0.5, 0.6) is 0 Å². The van der Waals surface area contributed by atoms with Crippen molar-refractivity contribution in [3.05, 3.63) is 102 Å². The molecule has 0 saturated heterocycles. The van der Waals surface area contributed by atoms with Gasteiger partial charge in [0.1, 0.15) is 13.8 Å². The van der Waals surface area contributed by atoms with Crippen molar-refractivity contribution in [3.8, 4) is 11.3 Å². The highest BCUT2D eigenvalue weighted by Gasteiger charge is 2.50. The SMILES string of the molecule is C=C/C=C(\C)C(C)(CCc1cc(C)ccc1-c1cc(C)c(C)c[n+]1C)C(C)(C=C)[N+](=C)/C=C\C. The lowest BCUT2D eigenvalue weighted by Crippen LogP contribution is -2.50. The first-order valence-electron chi connectivity index (χ1n) is 12.2. The molecule has 2 aromatic rings. The Bertz CT molecular complexity index is 1150. The second-order valence-electron chi connectivity index (χ2n) is 10.0. The van der Waals surface area contributed by atoms with Gasteiger partial charge in [-0.2, -0.15) is 0 Å². The molecule has 0 aliphatic rings. The molecule has 0 aliphatic heterocycles. The van der Waals surface area contributed by atoms with E-state index in [1.807, 2.05) is 35.9 Å². The standard InChI is InChI=1S/C32H44N2/c1-12-15-27(7)31(8,32(9,14-3)34(11)20-13-2)19-18-28-21-24(4)16-17-29(28)30-22-25(5)26(6)23-33(30)10/h12-17,20-23H,1,3,11,18-19H2,2,4-10H3/q+2/b20-13-,27-15+. The van der Waals surface area contributed by atoms with Gasteiger partial charge in [0.2, 0.25) is 5.69 Å². The van der Waals surface area contributed by atoms with Gasteiger partial charge < -0.3 is 0 Å². The fourth-order valence-corrected chi connectivity index (χ4v) is 4.92. The van der Waals surface area contributed by atoms with Crippen LogP contribution < -0.4 is 4.57 Å². The lowest BCUT2D eigenvalue weighted by atomic mass is 9.63. The normalized spacial score (nSPS) is 15.6. The van der Waals surface area contributed by atoms with Crippen LogP contribution in [-0.2, 0) is 13.5 Å². The molecule has 2 heteroatoms. The zero-order valence-electron chi connectivity index (χ0n) is 22.7. The minimum absolute atomic E-state index is 0.212. The van der Waals surface area contributed by atoms with Gasteiger partial charge in [-0.1, -0.05) is 48.6 Å².